The van der Waals surface area contributed by atoms with Gasteiger partial charge >= 0.3 is 196 Å². The number of anilines is 1. The number of ether oxygens (including phenoxy) is 1. The monoisotopic (exact) mass is 545 g/mol. The third-order valence-corrected chi connectivity index (χ3v) is 11.3. The van der Waals surface area contributed by atoms with E-state index in [4.69, 9.17) is 4.74 Å². The van der Waals surface area contributed by atoms with Crippen LogP contribution in [0.4, 0.5) is 10.5 Å². The quantitative estimate of drug-likeness (QED) is 0.384. The number of nitrogens with zero attached hydrogens (tertiary/aromatic N) is 3. The Balaban J connectivity index is 1.83. The molecule has 1 atom stereocenters. The molecule has 32 heavy (non-hydrogen) atoms. The molecule has 1 aliphatic heterocycles. The third kappa shape index (κ3) is 6.46. The van der Waals surface area contributed by atoms with Gasteiger partial charge in [0.2, 0.25) is 0 Å². The van der Waals surface area contributed by atoms with Crippen molar-refractivity contribution in [1.82, 2.24) is 9.88 Å². The van der Waals surface area contributed by atoms with Crippen LogP contribution in [-0.4, -0.2) is 71.4 Å². The Hall–Kier alpha value is -2.09. The standard InChI is InChI=1S/C22H26N3O3.3CH3.Sn/c1-22(2,3)28-21(27)25-13-11-19(25)15-24(18-10-7-12-23-14-18)16-20(26)17-8-5-4-6-9-17;;;;/h4-6,8-10,12,14,19H,11,13,15-16H2,1-3H3;3*1H3;/t19-;;;;/m0..../s1. The Morgan fingerprint density at radius 1 is 1.16 bits per heavy atom. The van der Waals surface area contributed by atoms with E-state index in [1.807, 2.05) is 63.5 Å². The number of hydrogen-bond donors (Lipinski definition) is 0. The van der Waals surface area contributed by atoms with Crippen molar-refractivity contribution in [3.63, 3.8) is 0 Å². The van der Waals surface area contributed by atoms with Crippen LogP contribution in [0.2, 0.25) is 14.8 Å². The van der Waals surface area contributed by atoms with Crippen molar-refractivity contribution >= 4 is 39.5 Å². The summed E-state index contributed by atoms with van der Waals surface area (Å²) >= 11 is -2.34. The fraction of sp³-hybridized carbons (Fsp3) is 0.480. The van der Waals surface area contributed by atoms with E-state index in [9.17, 15) is 9.59 Å². The summed E-state index contributed by atoms with van der Waals surface area (Å²) in [5, 5.41) is 0. The van der Waals surface area contributed by atoms with E-state index in [0.29, 0.717) is 18.7 Å². The topological polar surface area (TPSA) is 62.7 Å². The summed E-state index contributed by atoms with van der Waals surface area (Å²) in [6.07, 6.45) is 4.39. The van der Waals surface area contributed by atoms with Crippen molar-refractivity contribution in [2.45, 2.75) is 53.7 Å². The summed E-state index contributed by atoms with van der Waals surface area (Å²) in [5.41, 5.74) is 1.10. The first-order chi connectivity index (χ1) is 14.9. The number of carbonyl (C=O) groups is 2. The van der Waals surface area contributed by atoms with Crippen LogP contribution in [0.15, 0.2) is 48.8 Å². The zero-order valence-corrected chi connectivity index (χ0v) is 22.9. The average Bonchev–Trinajstić information content (AvgIpc) is 2.68. The number of Topliss-reactive ketones (excluding diaryl/α,β-unsaturated/α-hetero) is 1. The zero-order valence-electron chi connectivity index (χ0n) is 20.1. The second kappa shape index (κ2) is 9.81. The molecule has 3 rings (SSSR count). The maximum absolute atomic E-state index is 13.0. The molecule has 0 spiro atoms. The van der Waals surface area contributed by atoms with E-state index in [1.54, 1.807) is 4.90 Å². The third-order valence-electron chi connectivity index (χ3n) is 5.59. The van der Waals surface area contributed by atoms with Crippen LogP contribution in [0.25, 0.3) is 0 Å². The number of benzene rings is 1. The Kier molecular flexibility index (Phi) is 7.53. The first-order valence-electron chi connectivity index (χ1n) is 11.2. The number of ketones is 1. The van der Waals surface area contributed by atoms with Gasteiger partial charge in [-0.2, -0.15) is 0 Å². The molecule has 0 saturated carbocycles. The first kappa shape index (κ1) is 24.5. The molecular weight excluding hydrogens is 509 g/mol. The fourth-order valence-electron chi connectivity index (χ4n) is 3.61. The number of hydrogen-bond acceptors (Lipinski definition) is 5. The summed E-state index contributed by atoms with van der Waals surface area (Å²) in [6, 6.07) is 11.6. The summed E-state index contributed by atoms with van der Waals surface area (Å²) in [6.45, 7) is 7.12. The molecule has 0 N–H and O–H groups in total. The maximum atomic E-state index is 13.0. The molecule has 1 aromatic heterocycles. The summed E-state index contributed by atoms with van der Waals surface area (Å²) in [4.78, 5) is 41.1. The Bertz CT molecular complexity index is 951. The normalized spacial score (nSPS) is 16.3. The van der Waals surface area contributed by atoms with E-state index in [-0.39, 0.29) is 24.5 Å². The molecule has 6 nitrogen and oxygen atoms in total. The molecule has 0 unspecified atom stereocenters. The Morgan fingerprint density at radius 2 is 1.84 bits per heavy atom. The van der Waals surface area contributed by atoms with Crippen LogP contribution in [0.5, 0.6) is 0 Å². The number of likely N-dealkylation sites (tertiary alicyclic amines) is 1. The molecule has 1 fully saturated rings. The molecule has 7 heteroatoms. The molecular formula is C25H35N3O3Sn. The van der Waals surface area contributed by atoms with Crippen molar-refractivity contribution in [3.05, 3.63) is 54.4 Å². The molecule has 1 aromatic carbocycles. The van der Waals surface area contributed by atoms with Gasteiger partial charge in [0.05, 0.1) is 0 Å². The van der Waals surface area contributed by atoms with Crippen molar-refractivity contribution < 1.29 is 14.3 Å². The van der Waals surface area contributed by atoms with Gasteiger partial charge in [0, 0.05) is 0 Å². The molecule has 0 aliphatic carbocycles. The number of aromatic nitrogens is 1. The molecule has 2 aromatic rings. The van der Waals surface area contributed by atoms with Gasteiger partial charge in [0.1, 0.15) is 0 Å². The number of amides is 1. The molecule has 0 radical (unpaired) electrons. The SMILES string of the molecule is CC(C)(C)OC(=O)N1CC[C@H]1CN(CC(=O)c1ccccc1)c1cnc[c]([Sn]([CH3])([CH3])[CH3])c1. The summed E-state index contributed by atoms with van der Waals surface area (Å²) in [5.74, 6) is 0.0541. The van der Waals surface area contributed by atoms with Crippen LogP contribution in [0, 0.1) is 0 Å². The second-order valence-corrected chi connectivity index (χ2v) is 25.0. The van der Waals surface area contributed by atoms with Crippen molar-refractivity contribution in [3.8, 4) is 0 Å². The minimum atomic E-state index is -2.34. The zero-order chi connectivity index (χ0) is 23.5. The number of pyridine rings is 1. The Morgan fingerprint density at radius 3 is 2.41 bits per heavy atom. The van der Waals surface area contributed by atoms with Crippen LogP contribution in [0.1, 0.15) is 37.6 Å². The van der Waals surface area contributed by atoms with Crippen molar-refractivity contribution in [2.75, 3.05) is 24.5 Å². The summed E-state index contributed by atoms with van der Waals surface area (Å²) in [7, 11) is 0. The molecule has 0 bridgehead atoms. The molecule has 2 heterocycles. The van der Waals surface area contributed by atoms with Gasteiger partial charge in [-0.25, -0.2) is 0 Å². The second-order valence-electron chi connectivity index (χ2n) is 10.5. The van der Waals surface area contributed by atoms with E-state index in [2.05, 4.69) is 30.8 Å². The van der Waals surface area contributed by atoms with Crippen molar-refractivity contribution in [2.24, 2.45) is 0 Å². The average molecular weight is 544 g/mol. The van der Waals surface area contributed by atoms with Crippen molar-refractivity contribution in [1.29, 1.82) is 0 Å². The van der Waals surface area contributed by atoms with Gasteiger partial charge in [-0.15, -0.1) is 0 Å². The van der Waals surface area contributed by atoms with E-state index in [1.165, 1.54) is 3.58 Å². The van der Waals surface area contributed by atoms with Crippen LogP contribution in [0.3, 0.4) is 0 Å². The van der Waals surface area contributed by atoms with Crippen LogP contribution in [-0.2, 0) is 4.74 Å². The van der Waals surface area contributed by atoms with Gasteiger partial charge in [0.25, 0.3) is 0 Å². The Labute approximate surface area is 195 Å². The molecule has 1 aliphatic rings. The van der Waals surface area contributed by atoms with Crippen LogP contribution >= 0.6 is 0 Å². The van der Waals surface area contributed by atoms with Gasteiger partial charge in [-0.05, 0) is 0 Å². The van der Waals surface area contributed by atoms with E-state index in [0.717, 1.165) is 12.1 Å². The number of rotatable bonds is 7. The van der Waals surface area contributed by atoms with Crippen LogP contribution < -0.4 is 8.48 Å². The molecule has 1 amide bonds. The minimum absolute atomic E-state index is 0.00947. The predicted octanol–water partition coefficient (Wildman–Crippen LogP) is 4.33. The van der Waals surface area contributed by atoms with E-state index >= 15 is 0 Å². The molecule has 1 saturated heterocycles. The first-order valence-corrected chi connectivity index (χ1v) is 21.2. The van der Waals surface area contributed by atoms with Gasteiger partial charge in [-0.1, -0.05) is 0 Å². The van der Waals surface area contributed by atoms with Gasteiger partial charge in [-0.3, -0.25) is 0 Å². The fourth-order valence-corrected chi connectivity index (χ4v) is 6.58. The summed E-state index contributed by atoms with van der Waals surface area (Å²) < 4.78 is 6.88. The number of carbonyl (C=O) groups excluding carboxylic acids is 2. The predicted molar refractivity (Wildman–Crippen MR) is 132 cm³/mol. The molecule has 172 valence electrons. The van der Waals surface area contributed by atoms with E-state index < -0.39 is 24.0 Å². The van der Waals surface area contributed by atoms with Gasteiger partial charge in [0.15, 0.2) is 0 Å². The van der Waals surface area contributed by atoms with Gasteiger partial charge < -0.3 is 0 Å².